The maximum absolute atomic E-state index is 4.25. The zero-order valence-corrected chi connectivity index (χ0v) is 9.53. The summed E-state index contributed by atoms with van der Waals surface area (Å²) in [4.78, 5) is 4.25. The van der Waals surface area contributed by atoms with Crippen molar-refractivity contribution in [3.05, 3.63) is 24.3 Å². The SMILES string of the molecule is Cc1nsc(NC(C)Cn2cccn2)n1. The van der Waals surface area contributed by atoms with Crippen molar-refractivity contribution < 1.29 is 0 Å². The summed E-state index contributed by atoms with van der Waals surface area (Å²) in [5, 5.41) is 8.30. The molecule has 1 N–H and O–H groups in total. The van der Waals surface area contributed by atoms with Crippen LogP contribution in [0.3, 0.4) is 0 Å². The molecule has 0 aliphatic carbocycles. The van der Waals surface area contributed by atoms with Crippen LogP contribution in [0.1, 0.15) is 12.7 Å². The predicted octanol–water partition coefficient (Wildman–Crippen LogP) is 1.54. The Morgan fingerprint density at radius 2 is 2.47 bits per heavy atom. The Hall–Kier alpha value is -1.43. The van der Waals surface area contributed by atoms with Gasteiger partial charge in [0.15, 0.2) is 0 Å². The molecule has 80 valence electrons. The van der Waals surface area contributed by atoms with Crippen LogP contribution >= 0.6 is 11.5 Å². The molecule has 0 amide bonds. The maximum atomic E-state index is 4.25. The molecule has 1 atom stereocenters. The fraction of sp³-hybridized carbons (Fsp3) is 0.444. The molecule has 15 heavy (non-hydrogen) atoms. The van der Waals surface area contributed by atoms with Gasteiger partial charge < -0.3 is 5.32 Å². The summed E-state index contributed by atoms with van der Waals surface area (Å²) < 4.78 is 6.01. The fourth-order valence-corrected chi connectivity index (χ4v) is 1.99. The first kappa shape index (κ1) is 10.1. The third-order valence-corrected chi connectivity index (χ3v) is 2.66. The molecular weight excluding hydrogens is 210 g/mol. The molecule has 2 aromatic heterocycles. The van der Waals surface area contributed by atoms with Crippen molar-refractivity contribution in [2.75, 3.05) is 5.32 Å². The lowest BCUT2D eigenvalue weighted by molar-refractivity contribution is 0.560. The van der Waals surface area contributed by atoms with Gasteiger partial charge in [-0.1, -0.05) is 0 Å². The number of hydrogen-bond donors (Lipinski definition) is 1. The fourth-order valence-electron chi connectivity index (χ4n) is 1.30. The van der Waals surface area contributed by atoms with Gasteiger partial charge in [0.1, 0.15) is 5.82 Å². The van der Waals surface area contributed by atoms with Crippen LogP contribution in [0.2, 0.25) is 0 Å². The number of nitrogens with one attached hydrogen (secondary N) is 1. The van der Waals surface area contributed by atoms with E-state index in [1.165, 1.54) is 11.5 Å². The minimum Gasteiger partial charge on any atom is -0.356 e. The normalized spacial score (nSPS) is 12.7. The van der Waals surface area contributed by atoms with Crippen LogP contribution in [0.15, 0.2) is 18.5 Å². The number of rotatable bonds is 4. The predicted molar refractivity (Wildman–Crippen MR) is 60.0 cm³/mol. The first-order chi connectivity index (χ1) is 7.24. The van der Waals surface area contributed by atoms with Crippen LogP contribution in [-0.2, 0) is 6.54 Å². The van der Waals surface area contributed by atoms with E-state index in [1.807, 2.05) is 23.9 Å². The lowest BCUT2D eigenvalue weighted by Crippen LogP contribution is -2.22. The number of nitrogens with zero attached hydrogens (tertiary/aromatic N) is 4. The highest BCUT2D eigenvalue weighted by Gasteiger charge is 2.06. The van der Waals surface area contributed by atoms with E-state index in [-0.39, 0.29) is 6.04 Å². The summed E-state index contributed by atoms with van der Waals surface area (Å²) >= 11 is 1.39. The van der Waals surface area contributed by atoms with Gasteiger partial charge in [-0.3, -0.25) is 4.68 Å². The maximum Gasteiger partial charge on any atom is 0.202 e. The van der Waals surface area contributed by atoms with E-state index in [2.05, 4.69) is 26.7 Å². The Kier molecular flexibility index (Phi) is 2.96. The van der Waals surface area contributed by atoms with Gasteiger partial charge in [-0.2, -0.15) is 9.47 Å². The summed E-state index contributed by atoms with van der Waals surface area (Å²) in [6, 6.07) is 2.21. The second-order valence-corrected chi connectivity index (χ2v) is 4.17. The number of aryl methyl sites for hydroxylation is 1. The van der Waals surface area contributed by atoms with E-state index in [0.29, 0.717) is 0 Å². The summed E-state index contributed by atoms with van der Waals surface area (Å²) in [7, 11) is 0. The van der Waals surface area contributed by atoms with Crippen molar-refractivity contribution in [2.24, 2.45) is 0 Å². The topological polar surface area (TPSA) is 55.6 Å². The molecular formula is C9H13N5S. The lowest BCUT2D eigenvalue weighted by atomic mass is 10.3. The van der Waals surface area contributed by atoms with Gasteiger partial charge >= 0.3 is 0 Å². The molecule has 6 heteroatoms. The molecule has 2 heterocycles. The van der Waals surface area contributed by atoms with Gasteiger partial charge in [-0.25, -0.2) is 4.98 Å². The Balaban J connectivity index is 1.90. The molecule has 0 aliphatic rings. The molecule has 2 aromatic rings. The van der Waals surface area contributed by atoms with Crippen molar-refractivity contribution in [1.29, 1.82) is 0 Å². The van der Waals surface area contributed by atoms with Crippen molar-refractivity contribution in [2.45, 2.75) is 26.4 Å². The third kappa shape index (κ3) is 2.76. The van der Waals surface area contributed by atoms with Crippen LogP contribution in [0.5, 0.6) is 0 Å². The molecule has 0 radical (unpaired) electrons. The highest BCUT2D eigenvalue weighted by Crippen LogP contribution is 2.11. The minimum atomic E-state index is 0.289. The average Bonchev–Trinajstić information content (AvgIpc) is 2.77. The molecule has 5 nitrogen and oxygen atoms in total. The Bertz CT molecular complexity index is 408. The van der Waals surface area contributed by atoms with E-state index < -0.39 is 0 Å². The van der Waals surface area contributed by atoms with Crippen molar-refractivity contribution in [3.8, 4) is 0 Å². The summed E-state index contributed by atoms with van der Waals surface area (Å²) in [5.74, 6) is 0.814. The van der Waals surface area contributed by atoms with Crippen molar-refractivity contribution in [1.82, 2.24) is 19.1 Å². The second kappa shape index (κ2) is 4.39. The first-order valence-corrected chi connectivity index (χ1v) is 5.55. The molecule has 0 fully saturated rings. The average molecular weight is 223 g/mol. The summed E-state index contributed by atoms with van der Waals surface area (Å²) in [5.41, 5.74) is 0. The Morgan fingerprint density at radius 1 is 1.60 bits per heavy atom. The summed E-state index contributed by atoms with van der Waals surface area (Å²) in [6.45, 7) is 4.81. The molecule has 1 unspecified atom stereocenters. The van der Waals surface area contributed by atoms with E-state index in [0.717, 1.165) is 17.5 Å². The molecule has 0 aliphatic heterocycles. The first-order valence-electron chi connectivity index (χ1n) is 4.78. The largest absolute Gasteiger partial charge is 0.356 e. The molecule has 2 rings (SSSR count). The zero-order chi connectivity index (χ0) is 10.7. The van der Waals surface area contributed by atoms with Crippen molar-refractivity contribution in [3.63, 3.8) is 0 Å². The molecule has 0 saturated heterocycles. The van der Waals surface area contributed by atoms with Gasteiger partial charge in [-0.15, -0.1) is 0 Å². The smallest absolute Gasteiger partial charge is 0.202 e. The molecule has 0 spiro atoms. The highest BCUT2D eigenvalue weighted by atomic mass is 32.1. The Labute approximate surface area is 92.3 Å². The van der Waals surface area contributed by atoms with E-state index >= 15 is 0 Å². The van der Waals surface area contributed by atoms with Gasteiger partial charge in [0.05, 0.1) is 6.54 Å². The van der Waals surface area contributed by atoms with E-state index in [4.69, 9.17) is 0 Å². The van der Waals surface area contributed by atoms with Gasteiger partial charge in [0.25, 0.3) is 0 Å². The van der Waals surface area contributed by atoms with Gasteiger partial charge in [0, 0.05) is 30.0 Å². The third-order valence-electron chi connectivity index (χ3n) is 1.92. The van der Waals surface area contributed by atoms with Crippen LogP contribution in [0.25, 0.3) is 0 Å². The lowest BCUT2D eigenvalue weighted by Gasteiger charge is -2.11. The number of anilines is 1. The van der Waals surface area contributed by atoms with Gasteiger partial charge in [0.2, 0.25) is 5.13 Å². The standard InChI is InChI=1S/C9H13N5S/c1-7(6-14-5-3-4-10-14)11-9-12-8(2)13-15-9/h3-5,7H,6H2,1-2H3,(H,11,12,13). The number of aromatic nitrogens is 4. The van der Waals surface area contributed by atoms with Crippen LogP contribution in [0.4, 0.5) is 5.13 Å². The second-order valence-electron chi connectivity index (χ2n) is 3.42. The zero-order valence-electron chi connectivity index (χ0n) is 8.71. The summed E-state index contributed by atoms with van der Waals surface area (Å²) in [6.07, 6.45) is 3.73. The molecule has 0 aromatic carbocycles. The van der Waals surface area contributed by atoms with Gasteiger partial charge in [-0.05, 0) is 19.9 Å². The van der Waals surface area contributed by atoms with E-state index in [1.54, 1.807) is 6.20 Å². The van der Waals surface area contributed by atoms with E-state index in [9.17, 15) is 0 Å². The van der Waals surface area contributed by atoms with Crippen LogP contribution in [0, 0.1) is 6.92 Å². The monoisotopic (exact) mass is 223 g/mol. The quantitative estimate of drug-likeness (QED) is 0.854. The van der Waals surface area contributed by atoms with Crippen LogP contribution < -0.4 is 5.32 Å². The van der Waals surface area contributed by atoms with Crippen LogP contribution in [-0.4, -0.2) is 25.2 Å². The highest BCUT2D eigenvalue weighted by molar-refractivity contribution is 7.09. The molecule has 0 bridgehead atoms. The van der Waals surface area contributed by atoms with Crippen molar-refractivity contribution >= 4 is 16.7 Å². The minimum absolute atomic E-state index is 0.289. The molecule has 0 saturated carbocycles. The number of hydrogen-bond acceptors (Lipinski definition) is 5. The Morgan fingerprint density at radius 3 is 3.07 bits per heavy atom.